The summed E-state index contributed by atoms with van der Waals surface area (Å²) in [7, 11) is 0. The van der Waals surface area contributed by atoms with Crippen LogP contribution in [0.4, 0.5) is 5.82 Å². The van der Waals surface area contributed by atoms with Crippen LogP contribution in [0.3, 0.4) is 0 Å². The number of nitrogens with zero attached hydrogens (tertiary/aromatic N) is 3. The molecule has 0 spiro atoms. The topological polar surface area (TPSA) is 64.3 Å². The van der Waals surface area contributed by atoms with Crippen LogP contribution in [0.2, 0.25) is 0 Å². The molecular weight excluding hydrogens is 360 g/mol. The van der Waals surface area contributed by atoms with Gasteiger partial charge in [-0.05, 0) is 61.8 Å². The molecule has 5 nitrogen and oxygen atoms in total. The van der Waals surface area contributed by atoms with Gasteiger partial charge in [0, 0.05) is 24.7 Å². The lowest BCUT2D eigenvalue weighted by Gasteiger charge is -2.32. The summed E-state index contributed by atoms with van der Waals surface area (Å²) >= 11 is 0. The number of nitrogen functional groups attached to an aromatic ring is 1. The molecule has 29 heavy (non-hydrogen) atoms. The number of ether oxygens (including phenoxy) is 1. The molecule has 0 radical (unpaired) electrons. The zero-order chi connectivity index (χ0) is 20.4. The molecule has 2 aliphatic rings. The van der Waals surface area contributed by atoms with Crippen molar-refractivity contribution < 1.29 is 4.74 Å². The minimum Gasteiger partial charge on any atom is -0.463 e. The fraction of sp³-hybridized carbons (Fsp3) is 0.500. The van der Waals surface area contributed by atoms with Gasteiger partial charge in [0.05, 0.1) is 12.3 Å². The van der Waals surface area contributed by atoms with Gasteiger partial charge in [0.15, 0.2) is 0 Å². The molecule has 0 unspecified atom stereocenters. The lowest BCUT2D eigenvalue weighted by Crippen LogP contribution is -2.35. The summed E-state index contributed by atoms with van der Waals surface area (Å²) in [5, 5.41) is 0. The third-order valence-corrected chi connectivity index (χ3v) is 6.04. The molecule has 1 aromatic carbocycles. The average molecular weight is 393 g/mol. The van der Waals surface area contributed by atoms with Crippen molar-refractivity contribution in [1.82, 2.24) is 14.9 Å². The number of aromatic nitrogens is 2. The maximum atomic E-state index is 6.20. The molecule has 4 rings (SSSR count). The summed E-state index contributed by atoms with van der Waals surface area (Å²) in [6.45, 7) is 9.52. The van der Waals surface area contributed by atoms with E-state index < -0.39 is 0 Å². The summed E-state index contributed by atoms with van der Waals surface area (Å²) in [5.41, 5.74) is 13.7. The largest absolute Gasteiger partial charge is 0.463 e. The third-order valence-electron chi connectivity index (χ3n) is 6.04. The fourth-order valence-electron chi connectivity index (χ4n) is 4.20. The Morgan fingerprint density at radius 2 is 2.07 bits per heavy atom. The van der Waals surface area contributed by atoms with E-state index in [1.54, 1.807) is 0 Å². The second kappa shape index (κ2) is 8.54. The van der Waals surface area contributed by atoms with Crippen LogP contribution in [-0.2, 0) is 25.8 Å². The standard InChI is InChI=1S/C24H32N4O/c1-4-5-12-29-24-26-22-19(8-9-21(22)23(25)27-24)13-17-6-7-18-10-11-28(16(2)3)15-20(18)14-17/h6-8,14,16H,4-5,9-13,15H2,1-3H3,(H2,25,26,27). The molecule has 0 saturated carbocycles. The Morgan fingerprint density at radius 1 is 1.21 bits per heavy atom. The lowest BCUT2D eigenvalue weighted by atomic mass is 9.94. The van der Waals surface area contributed by atoms with Gasteiger partial charge < -0.3 is 10.5 Å². The minimum atomic E-state index is 0.403. The van der Waals surface area contributed by atoms with Crippen molar-refractivity contribution in [3.8, 4) is 6.01 Å². The van der Waals surface area contributed by atoms with E-state index in [1.165, 1.54) is 22.3 Å². The van der Waals surface area contributed by atoms with E-state index in [-0.39, 0.29) is 0 Å². The average Bonchev–Trinajstić information content (AvgIpc) is 3.11. The molecule has 1 aromatic heterocycles. The van der Waals surface area contributed by atoms with Crippen LogP contribution in [-0.4, -0.2) is 34.1 Å². The van der Waals surface area contributed by atoms with E-state index in [9.17, 15) is 0 Å². The number of nitrogens with two attached hydrogens (primary N) is 1. The summed E-state index contributed by atoms with van der Waals surface area (Å²) < 4.78 is 5.72. The predicted octanol–water partition coefficient (Wildman–Crippen LogP) is 4.19. The van der Waals surface area contributed by atoms with Crippen LogP contribution in [0.15, 0.2) is 24.3 Å². The molecule has 0 amide bonds. The summed E-state index contributed by atoms with van der Waals surface area (Å²) in [4.78, 5) is 11.6. The van der Waals surface area contributed by atoms with Crippen molar-refractivity contribution in [2.45, 2.75) is 65.5 Å². The van der Waals surface area contributed by atoms with Crippen molar-refractivity contribution in [3.63, 3.8) is 0 Å². The molecule has 2 heterocycles. The highest BCUT2D eigenvalue weighted by Crippen LogP contribution is 2.33. The lowest BCUT2D eigenvalue weighted by molar-refractivity contribution is 0.203. The highest BCUT2D eigenvalue weighted by Gasteiger charge is 2.23. The summed E-state index contributed by atoms with van der Waals surface area (Å²) in [6, 6.07) is 7.95. The van der Waals surface area contributed by atoms with E-state index in [2.05, 4.69) is 54.9 Å². The molecule has 0 atom stereocenters. The highest BCUT2D eigenvalue weighted by molar-refractivity contribution is 5.75. The van der Waals surface area contributed by atoms with Gasteiger partial charge in [0.1, 0.15) is 5.82 Å². The van der Waals surface area contributed by atoms with E-state index in [4.69, 9.17) is 15.5 Å². The normalized spacial score (nSPS) is 15.9. The Morgan fingerprint density at radius 3 is 2.86 bits per heavy atom. The van der Waals surface area contributed by atoms with Crippen LogP contribution < -0.4 is 10.5 Å². The minimum absolute atomic E-state index is 0.403. The van der Waals surface area contributed by atoms with Crippen LogP contribution in [0.5, 0.6) is 6.01 Å². The molecule has 2 aromatic rings. The first kappa shape index (κ1) is 19.9. The zero-order valence-electron chi connectivity index (χ0n) is 17.9. The molecule has 1 aliphatic heterocycles. The third kappa shape index (κ3) is 4.30. The Hall–Kier alpha value is -2.40. The monoisotopic (exact) mass is 392 g/mol. The maximum absolute atomic E-state index is 6.20. The van der Waals surface area contributed by atoms with Crippen LogP contribution in [0, 0.1) is 0 Å². The Kier molecular flexibility index (Phi) is 5.86. The van der Waals surface area contributed by atoms with Crippen LogP contribution in [0.25, 0.3) is 5.57 Å². The number of hydrogen-bond donors (Lipinski definition) is 1. The van der Waals surface area contributed by atoms with Gasteiger partial charge in [-0.2, -0.15) is 9.97 Å². The van der Waals surface area contributed by atoms with Crippen molar-refractivity contribution in [1.29, 1.82) is 0 Å². The molecule has 0 saturated heterocycles. The number of rotatable bonds is 7. The number of hydrogen-bond acceptors (Lipinski definition) is 5. The quantitative estimate of drug-likeness (QED) is 0.716. The number of fused-ring (bicyclic) bond motifs is 2. The molecule has 0 bridgehead atoms. The second-order valence-corrected chi connectivity index (χ2v) is 8.45. The molecule has 2 N–H and O–H groups in total. The molecule has 154 valence electrons. The van der Waals surface area contributed by atoms with Gasteiger partial charge in [-0.1, -0.05) is 37.6 Å². The first-order valence-electron chi connectivity index (χ1n) is 10.9. The molecule has 5 heteroatoms. The Balaban J connectivity index is 1.53. The van der Waals surface area contributed by atoms with Gasteiger partial charge >= 0.3 is 6.01 Å². The van der Waals surface area contributed by atoms with Gasteiger partial charge in [0.2, 0.25) is 0 Å². The van der Waals surface area contributed by atoms with Gasteiger partial charge in [-0.3, -0.25) is 4.90 Å². The van der Waals surface area contributed by atoms with Crippen molar-refractivity contribution in [2.24, 2.45) is 0 Å². The number of benzene rings is 1. The summed E-state index contributed by atoms with van der Waals surface area (Å²) in [6.07, 6.45) is 7.13. The Labute approximate surface area is 174 Å². The van der Waals surface area contributed by atoms with E-state index in [0.717, 1.165) is 56.5 Å². The first-order chi connectivity index (χ1) is 14.0. The van der Waals surface area contributed by atoms with Crippen molar-refractivity contribution >= 4 is 11.4 Å². The first-order valence-corrected chi connectivity index (χ1v) is 10.9. The Bertz CT molecular complexity index is 919. The van der Waals surface area contributed by atoms with Gasteiger partial charge in [0.25, 0.3) is 0 Å². The van der Waals surface area contributed by atoms with E-state index >= 15 is 0 Å². The molecule has 0 fully saturated rings. The highest BCUT2D eigenvalue weighted by atomic mass is 16.5. The van der Waals surface area contributed by atoms with Crippen LogP contribution >= 0.6 is 0 Å². The van der Waals surface area contributed by atoms with E-state index in [0.29, 0.717) is 24.5 Å². The number of anilines is 1. The zero-order valence-corrected chi connectivity index (χ0v) is 17.9. The van der Waals surface area contributed by atoms with Gasteiger partial charge in [-0.15, -0.1) is 0 Å². The van der Waals surface area contributed by atoms with Crippen molar-refractivity contribution in [2.75, 3.05) is 18.9 Å². The molecular formula is C24H32N4O. The summed E-state index contributed by atoms with van der Waals surface area (Å²) in [5.74, 6) is 0.547. The van der Waals surface area contributed by atoms with Crippen LogP contribution in [0.1, 0.15) is 61.6 Å². The van der Waals surface area contributed by atoms with E-state index in [1.807, 2.05) is 0 Å². The van der Waals surface area contributed by atoms with Crippen molar-refractivity contribution in [3.05, 3.63) is 52.2 Å². The maximum Gasteiger partial charge on any atom is 0.318 e. The predicted molar refractivity (Wildman–Crippen MR) is 118 cm³/mol. The number of unbranched alkanes of at least 4 members (excludes halogenated alkanes) is 1. The second-order valence-electron chi connectivity index (χ2n) is 8.45. The van der Waals surface area contributed by atoms with Gasteiger partial charge in [-0.25, -0.2) is 0 Å². The molecule has 1 aliphatic carbocycles. The number of allylic oxidation sites excluding steroid dienone is 2. The fourth-order valence-corrected chi connectivity index (χ4v) is 4.20. The smallest absolute Gasteiger partial charge is 0.318 e. The SMILES string of the molecule is CCCCOc1nc(N)c2c(n1)C(Cc1ccc3c(c1)CN(C(C)C)CC3)=CC2.